The van der Waals surface area contributed by atoms with E-state index in [1.54, 1.807) is 18.2 Å². The van der Waals surface area contributed by atoms with Crippen LogP contribution in [-0.4, -0.2) is 10.1 Å². The quantitative estimate of drug-likeness (QED) is 0.681. The molecular formula is C15H10NO. The summed E-state index contributed by atoms with van der Waals surface area (Å²) in [6.07, 6.45) is 0. The van der Waals surface area contributed by atoms with Crippen LogP contribution < -0.4 is 0 Å². The predicted octanol–water partition coefficient (Wildman–Crippen LogP) is 3.41. The maximum Gasteiger partial charge on any atom is 0.116 e. The number of pyridine rings is 1. The molecule has 0 bridgehead atoms. The van der Waals surface area contributed by atoms with Crippen LogP contribution in [0.5, 0.6) is 5.75 Å². The summed E-state index contributed by atoms with van der Waals surface area (Å²) in [6, 6.07) is 20.0. The zero-order valence-electron chi connectivity index (χ0n) is 9.09. The number of hydrogen-bond acceptors (Lipinski definition) is 2. The average molecular weight is 220 g/mol. The minimum Gasteiger partial charge on any atom is -0.508 e. The summed E-state index contributed by atoms with van der Waals surface area (Å²) in [5, 5.41) is 10.5. The molecule has 0 amide bonds. The summed E-state index contributed by atoms with van der Waals surface area (Å²) >= 11 is 0. The van der Waals surface area contributed by atoms with E-state index in [2.05, 4.69) is 11.1 Å². The maximum atomic E-state index is 9.45. The first kappa shape index (κ1) is 9.85. The number of para-hydroxylation sites is 1. The van der Waals surface area contributed by atoms with Gasteiger partial charge in [0.2, 0.25) is 0 Å². The molecule has 2 heteroatoms. The fraction of sp³-hybridized carbons (Fsp3) is 0. The van der Waals surface area contributed by atoms with Crippen molar-refractivity contribution >= 4 is 10.9 Å². The molecule has 3 rings (SSSR count). The fourth-order valence-electron chi connectivity index (χ4n) is 1.81. The van der Waals surface area contributed by atoms with Crippen molar-refractivity contribution in [3.05, 3.63) is 60.7 Å². The van der Waals surface area contributed by atoms with Crippen molar-refractivity contribution < 1.29 is 5.11 Å². The summed E-state index contributed by atoms with van der Waals surface area (Å²) in [4.78, 5) is 4.52. The summed E-state index contributed by atoms with van der Waals surface area (Å²) in [7, 11) is 0. The van der Waals surface area contributed by atoms with Crippen molar-refractivity contribution in [3.8, 4) is 17.0 Å². The number of hydrogen-bond donors (Lipinski definition) is 1. The van der Waals surface area contributed by atoms with Crippen molar-refractivity contribution in [2.75, 3.05) is 0 Å². The van der Waals surface area contributed by atoms with Crippen LogP contribution in [-0.2, 0) is 0 Å². The Balaban J connectivity index is 2.18. The smallest absolute Gasteiger partial charge is 0.116 e. The van der Waals surface area contributed by atoms with Crippen LogP contribution in [0.25, 0.3) is 22.2 Å². The van der Waals surface area contributed by atoms with Crippen molar-refractivity contribution in [3.63, 3.8) is 0 Å². The minimum absolute atomic E-state index is 0.242. The molecule has 1 heterocycles. The van der Waals surface area contributed by atoms with Crippen molar-refractivity contribution in [1.29, 1.82) is 0 Å². The number of rotatable bonds is 1. The molecule has 1 aromatic heterocycles. The van der Waals surface area contributed by atoms with Gasteiger partial charge in [0.25, 0.3) is 0 Å². The largest absolute Gasteiger partial charge is 0.508 e. The number of phenolic OH excluding ortho intramolecular Hbond substituents is 1. The molecule has 0 saturated heterocycles. The number of nitrogens with zero attached hydrogens (tertiary/aromatic N) is 1. The van der Waals surface area contributed by atoms with E-state index in [-0.39, 0.29) is 5.75 Å². The predicted molar refractivity (Wildman–Crippen MR) is 67.7 cm³/mol. The van der Waals surface area contributed by atoms with Crippen LogP contribution in [0.3, 0.4) is 0 Å². The third-order valence-corrected chi connectivity index (χ3v) is 2.65. The second kappa shape index (κ2) is 3.91. The van der Waals surface area contributed by atoms with E-state index in [0.717, 1.165) is 22.2 Å². The molecule has 0 fully saturated rings. The number of aromatic hydroxyl groups is 1. The summed E-state index contributed by atoms with van der Waals surface area (Å²) in [5.74, 6) is 0.242. The Morgan fingerprint density at radius 1 is 1.00 bits per heavy atom. The highest BCUT2D eigenvalue weighted by Gasteiger charge is 2.02. The number of benzene rings is 2. The highest BCUT2D eigenvalue weighted by molar-refractivity contribution is 5.81. The summed E-state index contributed by atoms with van der Waals surface area (Å²) in [6.45, 7) is 0. The van der Waals surface area contributed by atoms with E-state index >= 15 is 0 Å². The number of aromatic nitrogens is 1. The second-order valence-electron chi connectivity index (χ2n) is 3.86. The molecule has 0 aliphatic heterocycles. The topological polar surface area (TPSA) is 33.1 Å². The van der Waals surface area contributed by atoms with Gasteiger partial charge < -0.3 is 5.11 Å². The van der Waals surface area contributed by atoms with Gasteiger partial charge in [0.15, 0.2) is 0 Å². The van der Waals surface area contributed by atoms with Crippen LogP contribution in [0.15, 0.2) is 54.6 Å². The zero-order chi connectivity index (χ0) is 11.7. The molecular weight excluding hydrogens is 210 g/mol. The van der Waals surface area contributed by atoms with Gasteiger partial charge in [-0.15, -0.1) is 0 Å². The van der Waals surface area contributed by atoms with Gasteiger partial charge in [-0.25, -0.2) is 4.98 Å². The Hall–Kier alpha value is -2.35. The molecule has 0 spiro atoms. The molecule has 17 heavy (non-hydrogen) atoms. The first-order valence-corrected chi connectivity index (χ1v) is 5.40. The summed E-state index contributed by atoms with van der Waals surface area (Å²) in [5.41, 5.74) is 2.56. The third kappa shape index (κ3) is 1.85. The number of phenols is 1. The van der Waals surface area contributed by atoms with E-state index < -0.39 is 0 Å². The molecule has 0 aliphatic rings. The van der Waals surface area contributed by atoms with E-state index in [4.69, 9.17) is 0 Å². The van der Waals surface area contributed by atoms with Gasteiger partial charge in [0, 0.05) is 17.0 Å². The lowest BCUT2D eigenvalue weighted by Crippen LogP contribution is -1.85. The first-order chi connectivity index (χ1) is 8.33. The molecule has 2 aromatic carbocycles. The highest BCUT2D eigenvalue weighted by atomic mass is 16.3. The normalized spacial score (nSPS) is 10.6. The van der Waals surface area contributed by atoms with Crippen LogP contribution >= 0.6 is 0 Å². The lowest BCUT2D eigenvalue weighted by Gasteiger charge is -2.03. The van der Waals surface area contributed by atoms with E-state index in [9.17, 15) is 5.11 Å². The molecule has 1 N–H and O–H groups in total. The van der Waals surface area contributed by atoms with E-state index in [1.807, 2.05) is 36.4 Å². The molecule has 0 unspecified atom stereocenters. The number of fused-ring (bicyclic) bond motifs is 1. The van der Waals surface area contributed by atoms with Gasteiger partial charge in [0.05, 0.1) is 11.2 Å². The molecule has 0 atom stereocenters. The van der Waals surface area contributed by atoms with Crippen LogP contribution in [0.2, 0.25) is 0 Å². The Labute approximate surface area is 99.2 Å². The third-order valence-electron chi connectivity index (χ3n) is 2.65. The second-order valence-corrected chi connectivity index (χ2v) is 3.86. The SMILES string of the molecule is Oc1cccc(-c2[c]cc3ccccc3n2)c1. The van der Waals surface area contributed by atoms with E-state index in [0.29, 0.717) is 0 Å². The van der Waals surface area contributed by atoms with Crippen LogP contribution in [0, 0.1) is 6.07 Å². The zero-order valence-corrected chi connectivity index (χ0v) is 9.09. The van der Waals surface area contributed by atoms with Gasteiger partial charge in [-0.05, 0) is 24.3 Å². The van der Waals surface area contributed by atoms with Gasteiger partial charge in [-0.2, -0.15) is 0 Å². The summed E-state index contributed by atoms with van der Waals surface area (Å²) < 4.78 is 0. The van der Waals surface area contributed by atoms with Gasteiger partial charge in [-0.3, -0.25) is 0 Å². The fourth-order valence-corrected chi connectivity index (χ4v) is 1.81. The van der Waals surface area contributed by atoms with Gasteiger partial charge in [0.1, 0.15) is 5.75 Å². The Kier molecular flexibility index (Phi) is 2.26. The highest BCUT2D eigenvalue weighted by Crippen LogP contribution is 2.23. The van der Waals surface area contributed by atoms with Gasteiger partial charge >= 0.3 is 0 Å². The standard InChI is InChI=1S/C15H10NO/c17-13-6-3-5-12(10-13)15-9-8-11-4-1-2-7-14(11)16-15/h1-8,10,17H. The minimum atomic E-state index is 0.242. The van der Waals surface area contributed by atoms with Gasteiger partial charge in [-0.1, -0.05) is 30.3 Å². The molecule has 1 radical (unpaired) electrons. The van der Waals surface area contributed by atoms with Crippen LogP contribution in [0.4, 0.5) is 0 Å². The van der Waals surface area contributed by atoms with Crippen molar-refractivity contribution in [1.82, 2.24) is 4.98 Å². The maximum absolute atomic E-state index is 9.45. The average Bonchev–Trinajstić information content (AvgIpc) is 2.38. The molecule has 0 aliphatic carbocycles. The van der Waals surface area contributed by atoms with Crippen molar-refractivity contribution in [2.24, 2.45) is 0 Å². The Bertz CT molecular complexity index is 676. The first-order valence-electron chi connectivity index (χ1n) is 5.40. The molecule has 0 saturated carbocycles. The molecule has 2 nitrogen and oxygen atoms in total. The van der Waals surface area contributed by atoms with E-state index in [1.165, 1.54) is 0 Å². The monoisotopic (exact) mass is 220 g/mol. The lowest BCUT2D eigenvalue weighted by molar-refractivity contribution is 0.475. The molecule has 3 aromatic rings. The van der Waals surface area contributed by atoms with Crippen LogP contribution in [0.1, 0.15) is 0 Å². The lowest BCUT2D eigenvalue weighted by atomic mass is 10.1. The molecule has 81 valence electrons. The Morgan fingerprint density at radius 3 is 2.76 bits per heavy atom. The Morgan fingerprint density at radius 2 is 1.88 bits per heavy atom. The van der Waals surface area contributed by atoms with Crippen molar-refractivity contribution in [2.45, 2.75) is 0 Å².